The second-order valence-electron chi connectivity index (χ2n) is 4.01. The molecule has 3 nitrogen and oxygen atoms in total. The second-order valence-corrected chi connectivity index (χ2v) is 4.01. The Morgan fingerprint density at radius 2 is 2.08 bits per heavy atom. The number of hydrogen-bond donors (Lipinski definition) is 1. The average Bonchev–Trinajstić information content (AvgIpc) is 1.97. The van der Waals surface area contributed by atoms with Crippen molar-refractivity contribution in [2.45, 2.75) is 20.8 Å². The monoisotopic (exact) mass is 185 g/mol. The van der Waals surface area contributed by atoms with E-state index in [1.54, 1.807) is 0 Å². The molecule has 76 valence electrons. The first-order valence-corrected chi connectivity index (χ1v) is 4.39. The van der Waals surface area contributed by atoms with Crippen molar-refractivity contribution in [3.05, 3.63) is 12.2 Å². The molecule has 0 aliphatic rings. The zero-order valence-corrected chi connectivity index (χ0v) is 8.89. The van der Waals surface area contributed by atoms with E-state index in [1.807, 2.05) is 6.08 Å². The average molecular weight is 185 g/mol. The number of methoxy groups -OCH3 is 1. The van der Waals surface area contributed by atoms with E-state index in [-0.39, 0.29) is 17.9 Å². The fourth-order valence-corrected chi connectivity index (χ4v) is 0.767. The number of rotatable bonds is 4. The Balaban J connectivity index is 3.56. The van der Waals surface area contributed by atoms with E-state index >= 15 is 0 Å². The van der Waals surface area contributed by atoms with Gasteiger partial charge in [0.1, 0.15) is 6.61 Å². The highest BCUT2D eigenvalue weighted by Gasteiger charge is 2.03. The molecule has 13 heavy (non-hydrogen) atoms. The molecule has 0 aromatic rings. The van der Waals surface area contributed by atoms with Crippen LogP contribution in [0.3, 0.4) is 0 Å². The third-order valence-electron chi connectivity index (χ3n) is 1.31. The fourth-order valence-electron chi connectivity index (χ4n) is 0.767. The maximum absolute atomic E-state index is 10.9. The molecule has 1 N–H and O–H groups in total. The minimum absolute atomic E-state index is 0.0824. The van der Waals surface area contributed by atoms with Crippen LogP contribution in [0, 0.1) is 5.41 Å². The second kappa shape index (κ2) is 5.75. The van der Waals surface area contributed by atoms with Crippen LogP contribution in [-0.4, -0.2) is 26.2 Å². The Hall–Kier alpha value is -0.830. The van der Waals surface area contributed by atoms with Crippen molar-refractivity contribution in [2.24, 2.45) is 5.41 Å². The van der Waals surface area contributed by atoms with Gasteiger partial charge >= 0.3 is 0 Å². The normalized spacial score (nSPS) is 12.0. The predicted molar refractivity (Wildman–Crippen MR) is 53.5 cm³/mol. The highest BCUT2D eigenvalue weighted by atomic mass is 16.5. The number of amides is 1. The lowest BCUT2D eigenvalue weighted by molar-refractivity contribution is -0.124. The summed E-state index contributed by atoms with van der Waals surface area (Å²) in [6.07, 6.45) is 4.02. The lowest BCUT2D eigenvalue weighted by Gasteiger charge is -2.11. The summed E-state index contributed by atoms with van der Waals surface area (Å²) >= 11 is 0. The van der Waals surface area contributed by atoms with E-state index < -0.39 is 0 Å². The molecule has 0 atom stereocenters. The van der Waals surface area contributed by atoms with Crippen LogP contribution in [0.15, 0.2) is 12.2 Å². The highest BCUT2D eigenvalue weighted by Crippen LogP contribution is 2.13. The molecule has 0 radical (unpaired) electrons. The molecule has 0 spiro atoms. The summed E-state index contributed by atoms with van der Waals surface area (Å²) in [7, 11) is 1.50. The Morgan fingerprint density at radius 1 is 1.46 bits per heavy atom. The van der Waals surface area contributed by atoms with Gasteiger partial charge in [-0.15, -0.1) is 0 Å². The summed E-state index contributed by atoms with van der Waals surface area (Å²) in [6, 6.07) is 0. The Bertz CT molecular complexity index is 180. The Morgan fingerprint density at radius 3 is 2.54 bits per heavy atom. The van der Waals surface area contributed by atoms with Crippen LogP contribution < -0.4 is 5.32 Å². The summed E-state index contributed by atoms with van der Waals surface area (Å²) in [5, 5.41) is 2.71. The van der Waals surface area contributed by atoms with Crippen LogP contribution in [-0.2, 0) is 9.53 Å². The van der Waals surface area contributed by atoms with Gasteiger partial charge in [-0.2, -0.15) is 0 Å². The number of carbonyl (C=O) groups is 1. The van der Waals surface area contributed by atoms with E-state index in [2.05, 4.69) is 36.9 Å². The predicted octanol–water partition coefficient (Wildman–Crippen LogP) is 1.35. The highest BCUT2D eigenvalue weighted by molar-refractivity contribution is 5.77. The van der Waals surface area contributed by atoms with Crippen LogP contribution in [0.5, 0.6) is 0 Å². The summed E-state index contributed by atoms with van der Waals surface area (Å²) in [5.74, 6) is -0.0824. The molecule has 0 bridgehead atoms. The van der Waals surface area contributed by atoms with Crippen molar-refractivity contribution in [3.8, 4) is 0 Å². The van der Waals surface area contributed by atoms with Gasteiger partial charge in [-0.1, -0.05) is 32.9 Å². The number of ether oxygens (including phenoxy) is 1. The SMILES string of the molecule is COCC(=O)NC/C=C/C(C)(C)C. The maximum atomic E-state index is 10.9. The molecule has 0 saturated heterocycles. The minimum Gasteiger partial charge on any atom is -0.375 e. The van der Waals surface area contributed by atoms with Crippen LogP contribution in [0.1, 0.15) is 20.8 Å². The van der Waals surface area contributed by atoms with Gasteiger partial charge < -0.3 is 10.1 Å². The number of nitrogens with one attached hydrogen (secondary N) is 1. The molecule has 0 aliphatic carbocycles. The molecular formula is C10H19NO2. The van der Waals surface area contributed by atoms with Crippen LogP contribution >= 0.6 is 0 Å². The van der Waals surface area contributed by atoms with Crippen molar-refractivity contribution in [1.29, 1.82) is 0 Å². The lowest BCUT2D eigenvalue weighted by Crippen LogP contribution is -2.27. The van der Waals surface area contributed by atoms with Gasteiger partial charge in [-0.25, -0.2) is 0 Å². The minimum atomic E-state index is -0.0824. The van der Waals surface area contributed by atoms with Crippen LogP contribution in [0.25, 0.3) is 0 Å². The fraction of sp³-hybridized carbons (Fsp3) is 0.700. The molecule has 1 amide bonds. The molecule has 0 fully saturated rings. The number of carbonyl (C=O) groups excluding carboxylic acids is 1. The number of hydrogen-bond acceptors (Lipinski definition) is 2. The molecule has 0 aromatic heterocycles. The molecule has 0 heterocycles. The van der Waals surface area contributed by atoms with E-state index in [4.69, 9.17) is 0 Å². The van der Waals surface area contributed by atoms with Gasteiger partial charge in [0.15, 0.2) is 0 Å². The van der Waals surface area contributed by atoms with Crippen LogP contribution in [0.4, 0.5) is 0 Å². The van der Waals surface area contributed by atoms with Gasteiger partial charge in [-0.05, 0) is 5.41 Å². The lowest BCUT2D eigenvalue weighted by atomic mass is 9.96. The first-order valence-electron chi connectivity index (χ1n) is 4.39. The molecule has 0 aliphatic heterocycles. The Kier molecular flexibility index (Phi) is 5.39. The van der Waals surface area contributed by atoms with E-state index in [0.717, 1.165) is 0 Å². The standard InChI is InChI=1S/C10H19NO2/c1-10(2,3)6-5-7-11-9(12)8-13-4/h5-6H,7-8H2,1-4H3,(H,11,12)/b6-5+. The van der Waals surface area contributed by atoms with Gasteiger partial charge in [-0.3, -0.25) is 4.79 Å². The van der Waals surface area contributed by atoms with Crippen molar-refractivity contribution >= 4 is 5.91 Å². The summed E-state index contributed by atoms with van der Waals surface area (Å²) in [5.41, 5.74) is 0.173. The zero-order valence-electron chi connectivity index (χ0n) is 8.89. The third-order valence-corrected chi connectivity index (χ3v) is 1.31. The summed E-state index contributed by atoms with van der Waals surface area (Å²) < 4.78 is 4.67. The van der Waals surface area contributed by atoms with Crippen molar-refractivity contribution in [1.82, 2.24) is 5.32 Å². The molecule has 0 saturated carbocycles. The summed E-state index contributed by atoms with van der Waals surface area (Å²) in [6.45, 7) is 7.03. The van der Waals surface area contributed by atoms with Gasteiger partial charge in [0, 0.05) is 13.7 Å². The first-order chi connectivity index (χ1) is 5.95. The summed E-state index contributed by atoms with van der Waals surface area (Å²) in [4.78, 5) is 10.9. The molecule has 0 aromatic carbocycles. The van der Waals surface area contributed by atoms with Crippen molar-refractivity contribution in [2.75, 3.05) is 20.3 Å². The first kappa shape index (κ1) is 12.2. The topological polar surface area (TPSA) is 38.3 Å². The largest absolute Gasteiger partial charge is 0.375 e. The quantitative estimate of drug-likeness (QED) is 0.671. The number of allylic oxidation sites excluding steroid dienone is 1. The Labute approximate surface area is 80.2 Å². The maximum Gasteiger partial charge on any atom is 0.246 e. The van der Waals surface area contributed by atoms with Crippen molar-refractivity contribution in [3.63, 3.8) is 0 Å². The molecular weight excluding hydrogens is 166 g/mol. The van der Waals surface area contributed by atoms with Crippen LogP contribution in [0.2, 0.25) is 0 Å². The molecule has 3 heteroatoms. The van der Waals surface area contributed by atoms with E-state index in [9.17, 15) is 4.79 Å². The molecule has 0 rings (SSSR count). The molecule has 0 unspecified atom stereocenters. The van der Waals surface area contributed by atoms with Gasteiger partial charge in [0.2, 0.25) is 5.91 Å². The van der Waals surface area contributed by atoms with E-state index in [1.165, 1.54) is 7.11 Å². The van der Waals surface area contributed by atoms with E-state index in [0.29, 0.717) is 6.54 Å². The third kappa shape index (κ3) is 9.08. The van der Waals surface area contributed by atoms with Gasteiger partial charge in [0.25, 0.3) is 0 Å². The zero-order chi connectivity index (χ0) is 10.3. The van der Waals surface area contributed by atoms with Gasteiger partial charge in [0.05, 0.1) is 0 Å². The van der Waals surface area contributed by atoms with Crippen molar-refractivity contribution < 1.29 is 9.53 Å². The smallest absolute Gasteiger partial charge is 0.246 e.